The minimum atomic E-state index is -3.55. The van der Waals surface area contributed by atoms with E-state index in [1.54, 1.807) is 10.9 Å². The Morgan fingerprint density at radius 3 is 2.18 bits per heavy atom. The Hall–Kier alpha value is -3.10. The zero-order valence-corrected chi connectivity index (χ0v) is 19.2. The molecule has 2 heterocycles. The van der Waals surface area contributed by atoms with Crippen molar-refractivity contribution in [3.8, 4) is 0 Å². The maximum atomic E-state index is 13.5. The summed E-state index contributed by atoms with van der Waals surface area (Å²) >= 11 is 0. The van der Waals surface area contributed by atoms with Gasteiger partial charge in [-0.1, -0.05) is 60.7 Å². The zero-order valence-electron chi connectivity index (χ0n) is 18.3. The van der Waals surface area contributed by atoms with Crippen LogP contribution in [0.1, 0.15) is 18.1 Å². The van der Waals surface area contributed by atoms with Gasteiger partial charge in [-0.25, -0.2) is 14.6 Å². The van der Waals surface area contributed by atoms with E-state index in [9.17, 15) is 4.57 Å². The van der Waals surface area contributed by atoms with Crippen molar-refractivity contribution >= 4 is 24.4 Å². The fourth-order valence-corrected chi connectivity index (χ4v) is 4.52. The average Bonchev–Trinajstić information content (AvgIpc) is 3.26. The Bertz CT molecular complexity index is 1170. The molecule has 4 aromatic rings. The highest BCUT2D eigenvalue weighted by molar-refractivity contribution is 7.53. The first kappa shape index (κ1) is 23.1. The Labute approximate surface area is 192 Å². The van der Waals surface area contributed by atoms with E-state index >= 15 is 0 Å². The molecule has 1 atom stereocenters. The molecule has 0 aliphatic carbocycles. The number of rotatable bonds is 11. The highest BCUT2D eigenvalue weighted by Gasteiger charge is 2.27. The van der Waals surface area contributed by atoms with Crippen LogP contribution in [0.3, 0.4) is 0 Å². The molecule has 0 spiro atoms. The Balaban J connectivity index is 1.40. The number of fused-ring (bicyclic) bond motifs is 1. The maximum absolute atomic E-state index is 13.5. The topological polar surface area (TPSA) is 114 Å². The van der Waals surface area contributed by atoms with E-state index < -0.39 is 7.60 Å². The summed E-state index contributed by atoms with van der Waals surface area (Å²) in [6, 6.07) is 19.0. The van der Waals surface area contributed by atoms with Gasteiger partial charge in [0.05, 0.1) is 37.4 Å². The molecule has 0 amide bonds. The monoisotopic (exact) mass is 467 g/mol. The molecular weight excluding hydrogens is 441 g/mol. The van der Waals surface area contributed by atoms with Crippen LogP contribution in [-0.4, -0.2) is 32.2 Å². The van der Waals surface area contributed by atoms with Gasteiger partial charge in [-0.15, -0.1) is 0 Å². The molecule has 0 aliphatic rings. The second-order valence-electron chi connectivity index (χ2n) is 7.56. The van der Waals surface area contributed by atoms with Gasteiger partial charge < -0.3 is 19.5 Å². The minimum Gasteiger partial charge on any atom is -0.383 e. The lowest BCUT2D eigenvalue weighted by Crippen LogP contribution is -2.19. The van der Waals surface area contributed by atoms with Crippen molar-refractivity contribution in [2.75, 3.05) is 12.1 Å². The standard InChI is InChI=1S/C23H26N5O4P/c1-18(13-28-23-21(12-27-28)22(24)25-16-26-23)30-17-33(29,31-14-19-8-4-2-5-9-19)32-15-20-10-6-3-7-11-20/h2-12,16,18H,13-15,17H2,1H3,(H2,24,25,26)/t18-/m1/s1. The van der Waals surface area contributed by atoms with E-state index in [-0.39, 0.29) is 25.7 Å². The van der Waals surface area contributed by atoms with Crippen molar-refractivity contribution in [1.29, 1.82) is 0 Å². The third kappa shape index (κ3) is 6.24. The molecule has 172 valence electrons. The first-order chi connectivity index (χ1) is 16.0. The number of hydrogen-bond donors (Lipinski definition) is 1. The number of anilines is 1. The average molecular weight is 467 g/mol. The van der Waals surface area contributed by atoms with Gasteiger partial charge >= 0.3 is 7.60 Å². The molecule has 0 aliphatic heterocycles. The Morgan fingerprint density at radius 1 is 0.970 bits per heavy atom. The number of nitrogens with two attached hydrogens (primary N) is 1. The lowest BCUT2D eigenvalue weighted by atomic mass is 10.2. The molecule has 0 bridgehead atoms. The van der Waals surface area contributed by atoms with Gasteiger partial charge in [0.25, 0.3) is 0 Å². The van der Waals surface area contributed by atoms with Crippen LogP contribution < -0.4 is 5.73 Å². The van der Waals surface area contributed by atoms with Crippen LogP contribution in [0.15, 0.2) is 73.2 Å². The molecule has 9 nitrogen and oxygen atoms in total. The van der Waals surface area contributed by atoms with Gasteiger partial charge in [0.1, 0.15) is 18.5 Å². The second kappa shape index (κ2) is 10.7. The number of nitrogen functional groups attached to an aromatic ring is 1. The van der Waals surface area contributed by atoms with Gasteiger partial charge in [0, 0.05) is 0 Å². The largest absolute Gasteiger partial charge is 0.383 e. The summed E-state index contributed by atoms with van der Waals surface area (Å²) in [5.74, 6) is 0.368. The van der Waals surface area contributed by atoms with E-state index in [1.165, 1.54) is 6.33 Å². The summed E-state index contributed by atoms with van der Waals surface area (Å²) in [5, 5.41) is 4.99. The summed E-state index contributed by atoms with van der Waals surface area (Å²) < 4.78 is 32.6. The molecule has 2 aromatic heterocycles. The van der Waals surface area contributed by atoms with Crippen LogP contribution in [0.5, 0.6) is 0 Å². The molecule has 2 N–H and O–H groups in total. The van der Waals surface area contributed by atoms with Crippen molar-refractivity contribution in [2.24, 2.45) is 0 Å². The number of hydrogen-bond acceptors (Lipinski definition) is 8. The molecule has 0 saturated heterocycles. The molecule has 0 radical (unpaired) electrons. The van der Waals surface area contributed by atoms with Crippen LogP contribution in [0.25, 0.3) is 11.0 Å². The normalized spacial score (nSPS) is 12.8. The first-order valence-corrected chi connectivity index (χ1v) is 12.2. The van der Waals surface area contributed by atoms with Crippen molar-refractivity contribution in [1.82, 2.24) is 19.7 Å². The van der Waals surface area contributed by atoms with Crippen LogP contribution >= 0.6 is 7.60 Å². The predicted molar refractivity (Wildman–Crippen MR) is 125 cm³/mol. The number of nitrogens with zero attached hydrogens (tertiary/aromatic N) is 4. The summed E-state index contributed by atoms with van der Waals surface area (Å²) in [7, 11) is -3.55. The number of benzene rings is 2. The Morgan fingerprint density at radius 2 is 1.58 bits per heavy atom. The third-order valence-electron chi connectivity index (χ3n) is 4.95. The SMILES string of the molecule is C[C@H](Cn1ncc2c(N)ncnc21)OCP(=O)(OCc1ccccc1)OCc1ccccc1. The van der Waals surface area contributed by atoms with E-state index in [0.29, 0.717) is 23.4 Å². The van der Waals surface area contributed by atoms with E-state index in [2.05, 4.69) is 15.1 Å². The highest BCUT2D eigenvalue weighted by Crippen LogP contribution is 2.50. The van der Waals surface area contributed by atoms with Crippen LogP contribution in [0.2, 0.25) is 0 Å². The van der Waals surface area contributed by atoms with Crippen molar-refractivity contribution in [3.05, 3.63) is 84.3 Å². The lowest BCUT2D eigenvalue weighted by Gasteiger charge is -2.21. The van der Waals surface area contributed by atoms with Crippen LogP contribution in [0.4, 0.5) is 5.82 Å². The van der Waals surface area contributed by atoms with Crippen molar-refractivity contribution < 1.29 is 18.3 Å². The molecular formula is C23H26N5O4P. The van der Waals surface area contributed by atoms with Crippen molar-refractivity contribution in [3.63, 3.8) is 0 Å². The summed E-state index contributed by atoms with van der Waals surface area (Å²) in [6.07, 6.45) is 2.49. The minimum absolute atomic E-state index is 0.157. The second-order valence-corrected chi connectivity index (χ2v) is 9.55. The maximum Gasteiger partial charge on any atom is 0.356 e. The van der Waals surface area contributed by atoms with Gasteiger partial charge in [-0.05, 0) is 18.1 Å². The van der Waals surface area contributed by atoms with E-state index in [1.807, 2.05) is 67.6 Å². The quantitative estimate of drug-likeness (QED) is 0.323. The molecule has 2 aromatic carbocycles. The molecule has 4 rings (SSSR count). The zero-order chi connectivity index (χ0) is 23.1. The summed E-state index contributed by atoms with van der Waals surface area (Å²) in [4.78, 5) is 8.21. The molecule has 0 fully saturated rings. The van der Waals surface area contributed by atoms with Gasteiger partial charge in [-0.2, -0.15) is 5.10 Å². The summed E-state index contributed by atoms with van der Waals surface area (Å²) in [6.45, 7) is 2.56. The molecule has 0 saturated carbocycles. The third-order valence-corrected chi connectivity index (χ3v) is 6.46. The number of ether oxygens (including phenoxy) is 1. The predicted octanol–water partition coefficient (Wildman–Crippen LogP) is 4.40. The van der Waals surface area contributed by atoms with Crippen LogP contribution in [-0.2, 0) is 38.1 Å². The highest BCUT2D eigenvalue weighted by atomic mass is 31.2. The van der Waals surface area contributed by atoms with Gasteiger partial charge in [0.2, 0.25) is 0 Å². The smallest absolute Gasteiger partial charge is 0.356 e. The fourth-order valence-electron chi connectivity index (χ4n) is 3.17. The van der Waals surface area contributed by atoms with Gasteiger partial charge in [-0.3, -0.25) is 4.57 Å². The van der Waals surface area contributed by atoms with Crippen molar-refractivity contribution in [2.45, 2.75) is 32.8 Å². The Kier molecular flexibility index (Phi) is 7.47. The van der Waals surface area contributed by atoms with Gasteiger partial charge in [0.15, 0.2) is 5.65 Å². The fraction of sp³-hybridized carbons (Fsp3) is 0.261. The molecule has 10 heteroatoms. The number of aromatic nitrogens is 4. The summed E-state index contributed by atoms with van der Waals surface area (Å²) in [5.41, 5.74) is 8.28. The first-order valence-electron chi connectivity index (χ1n) is 10.5. The molecule has 0 unspecified atom stereocenters. The molecule has 33 heavy (non-hydrogen) atoms. The van der Waals surface area contributed by atoms with Crippen LogP contribution in [0, 0.1) is 0 Å². The van der Waals surface area contributed by atoms with E-state index in [4.69, 9.17) is 19.5 Å². The lowest BCUT2D eigenvalue weighted by molar-refractivity contribution is 0.0614. The van der Waals surface area contributed by atoms with E-state index in [0.717, 1.165) is 11.1 Å².